The molecule has 0 fully saturated rings. The van der Waals surface area contributed by atoms with Crippen molar-refractivity contribution in [1.29, 1.82) is 0 Å². The molecule has 0 saturated heterocycles. The van der Waals surface area contributed by atoms with Crippen LogP contribution in [-0.2, 0) is 14.4 Å². The number of hydrogen-bond acceptors (Lipinski definition) is 6. The molecule has 2 amide bonds. The van der Waals surface area contributed by atoms with Crippen LogP contribution in [0.25, 0.3) is 0 Å². The van der Waals surface area contributed by atoms with E-state index in [0.717, 1.165) is 6.42 Å². The highest BCUT2D eigenvalue weighted by Crippen LogP contribution is 2.19. The van der Waals surface area contributed by atoms with Gasteiger partial charge in [0.25, 0.3) is 0 Å². The van der Waals surface area contributed by atoms with Crippen molar-refractivity contribution < 1.29 is 24.6 Å². The Morgan fingerprint density at radius 2 is 1.67 bits per heavy atom. The summed E-state index contributed by atoms with van der Waals surface area (Å²) >= 11 is 1.17. The second-order valence-corrected chi connectivity index (χ2v) is 10.0. The summed E-state index contributed by atoms with van der Waals surface area (Å²) in [5.41, 5.74) is 2.12. The highest BCUT2D eigenvalue weighted by molar-refractivity contribution is 8.13. The first-order valence-corrected chi connectivity index (χ1v) is 13.1. The lowest BCUT2D eigenvalue weighted by atomic mass is 9.87. The van der Waals surface area contributed by atoms with Gasteiger partial charge in [-0.1, -0.05) is 71.1 Å². The number of amides is 2. The van der Waals surface area contributed by atoms with Crippen LogP contribution in [0.1, 0.15) is 85.0 Å². The van der Waals surface area contributed by atoms with Crippen LogP contribution in [0.15, 0.2) is 17.9 Å². The Kier molecular flexibility index (Phi) is 18.9. The molecule has 0 radical (unpaired) electrons. The van der Waals surface area contributed by atoms with Gasteiger partial charge in [-0.25, -0.2) is 0 Å². The fraction of sp³-hybridized carbons (Fsp3) is 0.760. The van der Waals surface area contributed by atoms with Gasteiger partial charge >= 0.3 is 0 Å². The average molecular weight is 485 g/mol. The van der Waals surface area contributed by atoms with Gasteiger partial charge < -0.3 is 20.8 Å². The molecular weight excluding hydrogens is 440 g/mol. The van der Waals surface area contributed by atoms with Gasteiger partial charge in [-0.2, -0.15) is 0 Å². The van der Waals surface area contributed by atoms with Crippen LogP contribution in [0.2, 0.25) is 0 Å². The van der Waals surface area contributed by atoms with Crippen LogP contribution in [0.3, 0.4) is 0 Å². The van der Waals surface area contributed by atoms with E-state index < -0.39 is 17.4 Å². The summed E-state index contributed by atoms with van der Waals surface area (Å²) in [4.78, 5) is 35.5. The zero-order valence-electron chi connectivity index (χ0n) is 20.7. The van der Waals surface area contributed by atoms with Gasteiger partial charge in [-0.15, -0.1) is 5.73 Å². The summed E-state index contributed by atoms with van der Waals surface area (Å²) in [5.74, 6) is -0.379. The third kappa shape index (κ3) is 17.5. The molecule has 0 heterocycles. The van der Waals surface area contributed by atoms with E-state index in [1.165, 1.54) is 56.7 Å². The molecule has 1 unspecified atom stereocenters. The fourth-order valence-electron chi connectivity index (χ4n) is 2.85. The quantitative estimate of drug-likeness (QED) is 0.165. The van der Waals surface area contributed by atoms with E-state index in [1.807, 2.05) is 6.08 Å². The molecule has 190 valence electrons. The van der Waals surface area contributed by atoms with Crippen molar-refractivity contribution in [3.8, 4) is 0 Å². The molecule has 8 heteroatoms. The summed E-state index contributed by atoms with van der Waals surface area (Å²) in [6.07, 6.45) is 12.8. The molecule has 0 aromatic rings. The Morgan fingerprint density at radius 1 is 1.00 bits per heavy atom. The highest BCUT2D eigenvalue weighted by atomic mass is 32.2. The van der Waals surface area contributed by atoms with E-state index in [4.69, 9.17) is 0 Å². The fourth-order valence-corrected chi connectivity index (χ4v) is 3.49. The van der Waals surface area contributed by atoms with Gasteiger partial charge in [-0.3, -0.25) is 14.4 Å². The maximum atomic E-state index is 11.8. The molecule has 4 N–H and O–H groups in total. The van der Waals surface area contributed by atoms with Crippen LogP contribution >= 0.6 is 11.8 Å². The first kappa shape index (κ1) is 31.4. The Bertz CT molecular complexity index is 630. The van der Waals surface area contributed by atoms with Crippen molar-refractivity contribution in [1.82, 2.24) is 10.6 Å². The minimum Gasteiger partial charge on any atom is -0.396 e. The largest absolute Gasteiger partial charge is 0.396 e. The van der Waals surface area contributed by atoms with Crippen LogP contribution in [0.4, 0.5) is 0 Å². The van der Waals surface area contributed by atoms with Crippen molar-refractivity contribution in [2.75, 3.05) is 25.4 Å². The number of carbonyl (C=O) groups is 3. The van der Waals surface area contributed by atoms with Crippen molar-refractivity contribution in [3.63, 3.8) is 0 Å². The predicted octanol–water partition coefficient (Wildman–Crippen LogP) is 3.49. The maximum Gasteiger partial charge on any atom is 0.249 e. The molecule has 0 spiro atoms. The van der Waals surface area contributed by atoms with Crippen LogP contribution in [0.5, 0.6) is 0 Å². The second kappa shape index (κ2) is 19.8. The Morgan fingerprint density at radius 3 is 2.33 bits per heavy atom. The normalized spacial score (nSPS) is 11.9. The first-order chi connectivity index (χ1) is 15.7. The molecule has 33 heavy (non-hydrogen) atoms. The van der Waals surface area contributed by atoms with E-state index in [2.05, 4.69) is 23.3 Å². The summed E-state index contributed by atoms with van der Waals surface area (Å²) in [6, 6.07) is 0. The molecule has 0 saturated carbocycles. The molecule has 7 nitrogen and oxygen atoms in total. The Balaban J connectivity index is 3.75. The number of aliphatic hydroxyl groups excluding tert-OH is 2. The Hall–Kier alpha value is -1.60. The molecule has 1 atom stereocenters. The first-order valence-electron chi connectivity index (χ1n) is 12.1. The standard InChI is InChI=1S/C25H44N2O5S/c1-4-5-6-7-8-9-10-11-12-13-14-15-22(30)33-19-18-26-21(29)16-17-27-24(32)23(31)25(2,3)20-28/h12,14,23,28,31H,4-11,15-20H2,1-3H3,(H,26,29)(H,27,32). The molecule has 0 bridgehead atoms. The molecule has 0 aromatic carbocycles. The second-order valence-electron chi connectivity index (χ2n) is 8.85. The van der Waals surface area contributed by atoms with Crippen LogP contribution in [0, 0.1) is 5.41 Å². The summed E-state index contributed by atoms with van der Waals surface area (Å²) in [7, 11) is 0. The number of unbranched alkanes of at least 4 members (excludes halogenated alkanes) is 7. The zero-order chi connectivity index (χ0) is 25.0. The Labute approximate surface area is 203 Å². The number of hydrogen-bond donors (Lipinski definition) is 4. The molecule has 0 aliphatic rings. The van der Waals surface area contributed by atoms with Crippen molar-refractivity contribution >= 4 is 28.7 Å². The van der Waals surface area contributed by atoms with E-state index >= 15 is 0 Å². The number of carbonyl (C=O) groups excluding carboxylic acids is 3. The number of allylic oxidation sites excluding steroid dienone is 1. The molecule has 0 aromatic heterocycles. The van der Waals surface area contributed by atoms with Gasteiger partial charge in [0.1, 0.15) is 6.10 Å². The molecule has 0 aliphatic heterocycles. The van der Waals surface area contributed by atoms with Gasteiger partial charge in [-0.05, 0) is 25.0 Å². The summed E-state index contributed by atoms with van der Waals surface area (Å²) in [6.45, 7) is 5.50. The van der Waals surface area contributed by atoms with Crippen molar-refractivity contribution in [2.24, 2.45) is 5.41 Å². The van der Waals surface area contributed by atoms with Crippen molar-refractivity contribution in [2.45, 2.75) is 91.1 Å². The van der Waals surface area contributed by atoms with E-state index in [-0.39, 0.29) is 30.6 Å². The topological polar surface area (TPSA) is 116 Å². The average Bonchev–Trinajstić information content (AvgIpc) is 2.79. The molecule has 0 rings (SSSR count). The van der Waals surface area contributed by atoms with E-state index in [9.17, 15) is 24.6 Å². The van der Waals surface area contributed by atoms with E-state index in [0.29, 0.717) is 18.7 Å². The SMILES string of the molecule is CCCCCCCCCC=C=CCC(=O)SCCNC(=O)CCNC(=O)C(O)C(C)(C)CO. The smallest absolute Gasteiger partial charge is 0.249 e. The van der Waals surface area contributed by atoms with Gasteiger partial charge in [0.15, 0.2) is 5.12 Å². The maximum absolute atomic E-state index is 11.8. The monoisotopic (exact) mass is 484 g/mol. The molecular formula is C25H44N2O5S. The van der Waals surface area contributed by atoms with Crippen LogP contribution in [-0.4, -0.2) is 58.7 Å². The number of aliphatic hydroxyl groups is 2. The third-order valence-electron chi connectivity index (χ3n) is 5.19. The minimum absolute atomic E-state index is 0.0359. The third-order valence-corrected chi connectivity index (χ3v) is 6.09. The zero-order valence-corrected chi connectivity index (χ0v) is 21.5. The molecule has 0 aliphatic carbocycles. The minimum atomic E-state index is -1.35. The van der Waals surface area contributed by atoms with E-state index in [1.54, 1.807) is 19.9 Å². The highest BCUT2D eigenvalue weighted by Gasteiger charge is 2.32. The number of thioether (sulfide) groups is 1. The lowest BCUT2D eigenvalue weighted by molar-refractivity contribution is -0.137. The van der Waals surface area contributed by atoms with Crippen LogP contribution < -0.4 is 10.6 Å². The van der Waals surface area contributed by atoms with Gasteiger partial charge in [0.05, 0.1) is 6.61 Å². The number of nitrogens with one attached hydrogen (secondary N) is 2. The van der Waals surface area contributed by atoms with Gasteiger partial charge in [0.2, 0.25) is 11.8 Å². The van der Waals surface area contributed by atoms with Gasteiger partial charge in [0, 0.05) is 37.1 Å². The predicted molar refractivity (Wildman–Crippen MR) is 135 cm³/mol. The van der Waals surface area contributed by atoms with Crippen molar-refractivity contribution in [3.05, 3.63) is 17.9 Å². The number of rotatable bonds is 19. The lowest BCUT2D eigenvalue weighted by Gasteiger charge is -2.27. The summed E-state index contributed by atoms with van der Waals surface area (Å²) in [5, 5.41) is 24.3. The summed E-state index contributed by atoms with van der Waals surface area (Å²) < 4.78 is 0. The lowest BCUT2D eigenvalue weighted by Crippen LogP contribution is -2.46.